The third-order valence-electron chi connectivity index (χ3n) is 5.00. The first-order valence-electron chi connectivity index (χ1n) is 8.74. The van der Waals surface area contributed by atoms with Crippen LogP contribution in [-0.2, 0) is 19.5 Å². The van der Waals surface area contributed by atoms with Crippen LogP contribution < -0.4 is 4.90 Å². The molecule has 1 saturated heterocycles. The lowest BCUT2D eigenvalue weighted by Crippen LogP contribution is -2.28. The molecule has 0 amide bonds. The predicted molar refractivity (Wildman–Crippen MR) is 91.6 cm³/mol. The molecule has 5 nitrogen and oxygen atoms in total. The van der Waals surface area contributed by atoms with Gasteiger partial charge < -0.3 is 9.47 Å². The van der Waals surface area contributed by atoms with E-state index in [-0.39, 0.29) is 0 Å². The van der Waals surface area contributed by atoms with E-state index in [4.69, 9.17) is 4.98 Å². The van der Waals surface area contributed by atoms with Gasteiger partial charge in [0.2, 0.25) is 0 Å². The number of nitrogens with zero attached hydrogens (tertiary/aromatic N) is 5. The number of hydrogen-bond acceptors (Lipinski definition) is 4. The molecule has 2 aliphatic heterocycles. The van der Waals surface area contributed by atoms with Gasteiger partial charge in [0.25, 0.3) is 0 Å². The zero-order valence-corrected chi connectivity index (χ0v) is 13.9. The van der Waals surface area contributed by atoms with Crippen molar-refractivity contribution in [2.45, 2.75) is 39.3 Å². The van der Waals surface area contributed by atoms with Gasteiger partial charge in [0.05, 0.1) is 5.69 Å². The Hall–Kier alpha value is -1.88. The molecular weight excluding hydrogens is 286 g/mol. The second kappa shape index (κ2) is 6.32. The molecule has 0 bridgehead atoms. The van der Waals surface area contributed by atoms with Crippen molar-refractivity contribution in [3.8, 4) is 0 Å². The number of pyridine rings is 1. The van der Waals surface area contributed by atoms with Crippen LogP contribution in [0.4, 0.5) is 5.82 Å². The Morgan fingerprint density at radius 1 is 1.04 bits per heavy atom. The number of anilines is 1. The molecule has 0 aliphatic carbocycles. The van der Waals surface area contributed by atoms with Gasteiger partial charge in [-0.1, -0.05) is 6.07 Å². The molecule has 2 aromatic heterocycles. The highest BCUT2D eigenvalue weighted by atomic mass is 15.2. The summed E-state index contributed by atoms with van der Waals surface area (Å²) in [6.45, 7) is 8.59. The highest BCUT2D eigenvalue weighted by molar-refractivity contribution is 5.39. The Bertz CT molecular complexity index is 672. The SMILES string of the molecule is Cc1cccc(N2CCc3ncc(CN4CCCC4)n3CC2)n1. The summed E-state index contributed by atoms with van der Waals surface area (Å²) in [6.07, 6.45) is 5.77. The summed E-state index contributed by atoms with van der Waals surface area (Å²) in [5.74, 6) is 2.33. The monoisotopic (exact) mass is 311 g/mol. The maximum Gasteiger partial charge on any atom is 0.128 e. The van der Waals surface area contributed by atoms with E-state index >= 15 is 0 Å². The number of hydrogen-bond donors (Lipinski definition) is 0. The average molecular weight is 311 g/mol. The van der Waals surface area contributed by atoms with Crippen molar-refractivity contribution in [3.63, 3.8) is 0 Å². The molecule has 122 valence electrons. The standard InChI is InChI=1S/C18H25N5/c1-15-5-4-6-18(20-15)22-10-7-17-19-13-16(23(17)12-11-22)14-21-8-2-3-9-21/h4-6,13H,2-3,7-12,14H2,1H3. The van der Waals surface area contributed by atoms with Crippen LogP contribution in [0.15, 0.2) is 24.4 Å². The van der Waals surface area contributed by atoms with Gasteiger partial charge in [0, 0.05) is 44.5 Å². The minimum Gasteiger partial charge on any atom is -0.354 e. The summed E-state index contributed by atoms with van der Waals surface area (Å²) in [4.78, 5) is 14.3. The largest absolute Gasteiger partial charge is 0.354 e. The smallest absolute Gasteiger partial charge is 0.128 e. The van der Waals surface area contributed by atoms with E-state index in [0.717, 1.165) is 44.1 Å². The molecular formula is C18H25N5. The molecule has 0 atom stereocenters. The summed E-state index contributed by atoms with van der Waals surface area (Å²) in [5.41, 5.74) is 2.46. The van der Waals surface area contributed by atoms with E-state index in [1.807, 2.05) is 0 Å². The van der Waals surface area contributed by atoms with Crippen LogP contribution in [0.1, 0.15) is 30.1 Å². The van der Waals surface area contributed by atoms with Gasteiger partial charge in [-0.3, -0.25) is 4.90 Å². The van der Waals surface area contributed by atoms with Crippen molar-refractivity contribution in [2.24, 2.45) is 0 Å². The van der Waals surface area contributed by atoms with Crippen molar-refractivity contribution < 1.29 is 0 Å². The minimum atomic E-state index is 0.996. The van der Waals surface area contributed by atoms with E-state index in [9.17, 15) is 0 Å². The van der Waals surface area contributed by atoms with Crippen molar-refractivity contribution >= 4 is 5.82 Å². The number of aryl methyl sites for hydroxylation is 1. The maximum absolute atomic E-state index is 4.69. The Morgan fingerprint density at radius 3 is 2.74 bits per heavy atom. The fourth-order valence-electron chi connectivity index (χ4n) is 3.72. The van der Waals surface area contributed by atoms with E-state index < -0.39 is 0 Å². The normalized spacial score (nSPS) is 18.9. The second-order valence-electron chi connectivity index (χ2n) is 6.67. The van der Waals surface area contributed by atoms with Crippen LogP contribution in [0.5, 0.6) is 0 Å². The topological polar surface area (TPSA) is 37.2 Å². The first kappa shape index (κ1) is 14.7. The van der Waals surface area contributed by atoms with Crippen LogP contribution in [0, 0.1) is 6.92 Å². The highest BCUT2D eigenvalue weighted by Crippen LogP contribution is 2.19. The Morgan fingerprint density at radius 2 is 1.91 bits per heavy atom. The van der Waals surface area contributed by atoms with Crippen LogP contribution in [0.2, 0.25) is 0 Å². The van der Waals surface area contributed by atoms with Crippen molar-refractivity contribution in [2.75, 3.05) is 31.1 Å². The lowest BCUT2D eigenvalue weighted by Gasteiger charge is -2.22. The summed E-state index contributed by atoms with van der Waals surface area (Å²) in [6, 6.07) is 6.27. The van der Waals surface area contributed by atoms with Crippen molar-refractivity contribution in [1.82, 2.24) is 19.4 Å². The first-order chi connectivity index (χ1) is 11.3. The van der Waals surface area contributed by atoms with Crippen LogP contribution in [0.3, 0.4) is 0 Å². The van der Waals surface area contributed by atoms with Gasteiger partial charge in [-0.2, -0.15) is 0 Å². The lowest BCUT2D eigenvalue weighted by atomic mass is 10.3. The molecule has 0 unspecified atom stereocenters. The fraction of sp³-hybridized carbons (Fsp3) is 0.556. The Balaban J connectivity index is 1.49. The van der Waals surface area contributed by atoms with Gasteiger partial charge >= 0.3 is 0 Å². The molecule has 2 aromatic rings. The van der Waals surface area contributed by atoms with Crippen molar-refractivity contribution in [1.29, 1.82) is 0 Å². The molecule has 5 heteroatoms. The number of likely N-dealkylation sites (tertiary alicyclic amines) is 1. The van der Waals surface area contributed by atoms with Gasteiger partial charge in [0.15, 0.2) is 0 Å². The summed E-state index contributed by atoms with van der Waals surface area (Å²) < 4.78 is 2.44. The Kier molecular flexibility index (Phi) is 4.04. The first-order valence-corrected chi connectivity index (χ1v) is 8.74. The zero-order chi connectivity index (χ0) is 15.6. The fourth-order valence-corrected chi connectivity index (χ4v) is 3.72. The number of aromatic nitrogens is 3. The number of imidazole rings is 1. The Labute approximate surface area is 138 Å². The molecule has 4 heterocycles. The van der Waals surface area contributed by atoms with Crippen molar-refractivity contribution in [3.05, 3.63) is 41.6 Å². The van der Waals surface area contributed by atoms with E-state index in [0.29, 0.717) is 0 Å². The van der Waals surface area contributed by atoms with Crippen LogP contribution in [-0.4, -0.2) is 45.6 Å². The number of fused-ring (bicyclic) bond motifs is 1. The lowest BCUT2D eigenvalue weighted by molar-refractivity contribution is 0.321. The van der Waals surface area contributed by atoms with E-state index in [1.165, 1.54) is 37.4 Å². The predicted octanol–water partition coefficient (Wildman–Crippen LogP) is 2.25. The highest BCUT2D eigenvalue weighted by Gasteiger charge is 2.20. The second-order valence-corrected chi connectivity index (χ2v) is 6.67. The van der Waals surface area contributed by atoms with Gasteiger partial charge in [-0.25, -0.2) is 9.97 Å². The van der Waals surface area contributed by atoms with Gasteiger partial charge in [0.1, 0.15) is 11.6 Å². The molecule has 0 radical (unpaired) electrons. The molecule has 0 N–H and O–H groups in total. The molecule has 2 aliphatic rings. The minimum absolute atomic E-state index is 0.996. The van der Waals surface area contributed by atoms with Crippen LogP contribution in [0.25, 0.3) is 0 Å². The van der Waals surface area contributed by atoms with E-state index in [1.54, 1.807) is 0 Å². The van der Waals surface area contributed by atoms with Gasteiger partial charge in [-0.05, 0) is 45.0 Å². The average Bonchev–Trinajstić information content (AvgIpc) is 3.14. The third-order valence-corrected chi connectivity index (χ3v) is 5.00. The molecule has 4 rings (SSSR count). The quantitative estimate of drug-likeness (QED) is 0.871. The van der Waals surface area contributed by atoms with E-state index in [2.05, 4.69) is 50.7 Å². The van der Waals surface area contributed by atoms with Gasteiger partial charge in [-0.15, -0.1) is 0 Å². The number of rotatable bonds is 3. The zero-order valence-electron chi connectivity index (χ0n) is 13.9. The maximum atomic E-state index is 4.69. The van der Waals surface area contributed by atoms with Crippen LogP contribution >= 0.6 is 0 Å². The summed E-state index contributed by atoms with van der Waals surface area (Å²) >= 11 is 0. The molecule has 0 saturated carbocycles. The summed E-state index contributed by atoms with van der Waals surface area (Å²) in [7, 11) is 0. The third kappa shape index (κ3) is 3.11. The molecule has 23 heavy (non-hydrogen) atoms. The molecule has 1 fully saturated rings. The molecule has 0 aromatic carbocycles. The summed E-state index contributed by atoms with van der Waals surface area (Å²) in [5, 5.41) is 0. The molecule has 0 spiro atoms.